The highest BCUT2D eigenvalue weighted by Crippen LogP contribution is 2.19. The van der Waals surface area contributed by atoms with Crippen molar-refractivity contribution in [1.29, 1.82) is 0 Å². The van der Waals surface area contributed by atoms with Crippen LogP contribution in [0.15, 0.2) is 54.7 Å². The number of nitrogens with zero attached hydrogens (tertiary/aromatic N) is 2. The summed E-state index contributed by atoms with van der Waals surface area (Å²) in [4.78, 5) is 20.2. The summed E-state index contributed by atoms with van der Waals surface area (Å²) in [6.45, 7) is 0. The van der Waals surface area contributed by atoms with E-state index in [2.05, 4.69) is 20.6 Å². The maximum atomic E-state index is 13.7. The van der Waals surface area contributed by atoms with Gasteiger partial charge in [0.25, 0.3) is 5.91 Å². The van der Waals surface area contributed by atoms with Crippen LogP contribution in [0.4, 0.5) is 26.1 Å². The van der Waals surface area contributed by atoms with Gasteiger partial charge in [-0.25, -0.2) is 18.7 Å². The first kappa shape index (κ1) is 16.8. The molecule has 8 heteroatoms. The molecular weight excluding hydrogens is 350 g/mol. The van der Waals surface area contributed by atoms with E-state index in [9.17, 15) is 13.6 Å². The normalized spacial score (nSPS) is 10.4. The zero-order chi connectivity index (χ0) is 17.8. The molecule has 3 rings (SSSR count). The van der Waals surface area contributed by atoms with Crippen molar-refractivity contribution in [1.82, 2.24) is 9.97 Å². The lowest BCUT2D eigenvalue weighted by Gasteiger charge is -2.08. The van der Waals surface area contributed by atoms with Gasteiger partial charge in [-0.1, -0.05) is 11.6 Å². The van der Waals surface area contributed by atoms with Crippen LogP contribution in [0, 0.1) is 11.6 Å². The molecule has 25 heavy (non-hydrogen) atoms. The van der Waals surface area contributed by atoms with E-state index in [1.54, 1.807) is 24.3 Å². The van der Waals surface area contributed by atoms with Gasteiger partial charge in [0.05, 0.1) is 5.69 Å². The Kier molecular flexibility index (Phi) is 4.85. The highest BCUT2D eigenvalue weighted by Gasteiger charge is 2.11. The smallest absolute Gasteiger partial charge is 0.274 e. The number of nitrogens with one attached hydrogen (secondary N) is 2. The minimum Gasteiger partial charge on any atom is -0.322 e. The molecule has 0 aliphatic carbocycles. The van der Waals surface area contributed by atoms with Crippen molar-refractivity contribution in [3.63, 3.8) is 0 Å². The van der Waals surface area contributed by atoms with Gasteiger partial charge >= 0.3 is 0 Å². The van der Waals surface area contributed by atoms with E-state index in [4.69, 9.17) is 11.6 Å². The molecule has 126 valence electrons. The Morgan fingerprint density at radius 3 is 2.52 bits per heavy atom. The molecule has 0 unspecified atom stereocenters. The molecule has 2 N–H and O–H groups in total. The molecule has 0 spiro atoms. The summed E-state index contributed by atoms with van der Waals surface area (Å²) in [6.07, 6.45) is 1.35. The first-order valence-corrected chi connectivity index (χ1v) is 7.51. The second-order valence-corrected chi connectivity index (χ2v) is 5.41. The van der Waals surface area contributed by atoms with Crippen molar-refractivity contribution < 1.29 is 13.6 Å². The first-order valence-electron chi connectivity index (χ1n) is 7.13. The number of aromatic nitrogens is 2. The Morgan fingerprint density at radius 2 is 1.80 bits per heavy atom. The molecule has 0 fully saturated rings. The van der Waals surface area contributed by atoms with Crippen LogP contribution in [-0.2, 0) is 0 Å². The zero-order valence-corrected chi connectivity index (χ0v) is 13.4. The molecule has 3 aromatic rings. The van der Waals surface area contributed by atoms with Crippen LogP contribution in [0.25, 0.3) is 0 Å². The van der Waals surface area contributed by atoms with Gasteiger partial charge in [-0.2, -0.15) is 0 Å². The molecule has 0 radical (unpaired) electrons. The third-order valence-electron chi connectivity index (χ3n) is 3.17. The van der Waals surface area contributed by atoms with E-state index < -0.39 is 17.5 Å². The molecule has 1 aromatic heterocycles. The third-order valence-corrected chi connectivity index (χ3v) is 3.42. The fraction of sp³-hybridized carbons (Fsp3) is 0. The molecule has 0 aliphatic heterocycles. The van der Waals surface area contributed by atoms with Gasteiger partial charge in [-0.3, -0.25) is 4.79 Å². The van der Waals surface area contributed by atoms with Crippen LogP contribution >= 0.6 is 11.6 Å². The van der Waals surface area contributed by atoms with Crippen molar-refractivity contribution in [2.45, 2.75) is 0 Å². The second-order valence-electron chi connectivity index (χ2n) is 4.98. The number of carbonyl (C=O) groups is 1. The Balaban J connectivity index is 1.76. The molecular formula is C17H11ClF2N4O. The molecule has 0 saturated carbocycles. The summed E-state index contributed by atoms with van der Waals surface area (Å²) in [5.74, 6) is -1.94. The Hall–Kier alpha value is -3.06. The van der Waals surface area contributed by atoms with E-state index in [1.165, 1.54) is 18.3 Å². The predicted molar refractivity (Wildman–Crippen MR) is 91.1 cm³/mol. The predicted octanol–water partition coefficient (Wildman–Crippen LogP) is 4.40. The maximum absolute atomic E-state index is 13.7. The van der Waals surface area contributed by atoms with E-state index in [0.29, 0.717) is 10.7 Å². The Bertz CT molecular complexity index is 919. The van der Waals surface area contributed by atoms with Crippen LogP contribution in [0.2, 0.25) is 5.02 Å². The largest absolute Gasteiger partial charge is 0.322 e. The molecule has 0 bridgehead atoms. The van der Waals surface area contributed by atoms with Crippen LogP contribution in [0.3, 0.4) is 0 Å². The summed E-state index contributed by atoms with van der Waals surface area (Å²) >= 11 is 5.79. The standard InChI is InChI=1S/C17H11ClF2N4O/c18-10-1-4-12(5-2-10)22-16(25)15-7-8-21-17(24-15)23-14-6-3-11(19)9-13(14)20/h1-9H,(H,22,25)(H,21,23,24). The molecule has 2 aromatic carbocycles. The van der Waals surface area contributed by atoms with Crippen molar-refractivity contribution in [3.05, 3.63) is 77.1 Å². The summed E-state index contributed by atoms with van der Waals surface area (Å²) in [5.41, 5.74) is 0.624. The summed E-state index contributed by atoms with van der Waals surface area (Å²) in [7, 11) is 0. The second kappa shape index (κ2) is 7.23. The number of halogens is 3. The lowest BCUT2D eigenvalue weighted by Crippen LogP contribution is -2.14. The third kappa shape index (κ3) is 4.27. The average Bonchev–Trinajstić information content (AvgIpc) is 2.60. The lowest BCUT2D eigenvalue weighted by atomic mass is 10.3. The molecule has 0 saturated heterocycles. The number of hydrogen-bond acceptors (Lipinski definition) is 4. The SMILES string of the molecule is O=C(Nc1ccc(Cl)cc1)c1ccnc(Nc2ccc(F)cc2F)n1. The van der Waals surface area contributed by atoms with Gasteiger partial charge < -0.3 is 10.6 Å². The molecule has 0 atom stereocenters. The monoisotopic (exact) mass is 360 g/mol. The summed E-state index contributed by atoms with van der Waals surface area (Å²) in [6, 6.07) is 11.0. The Morgan fingerprint density at radius 1 is 1.04 bits per heavy atom. The van der Waals surface area contributed by atoms with E-state index in [0.717, 1.165) is 12.1 Å². The average molecular weight is 361 g/mol. The van der Waals surface area contributed by atoms with Crippen molar-refractivity contribution >= 4 is 34.8 Å². The van der Waals surface area contributed by atoms with Crippen LogP contribution in [0.1, 0.15) is 10.5 Å². The zero-order valence-electron chi connectivity index (χ0n) is 12.6. The molecule has 1 amide bonds. The highest BCUT2D eigenvalue weighted by molar-refractivity contribution is 6.30. The maximum Gasteiger partial charge on any atom is 0.274 e. The number of hydrogen-bond donors (Lipinski definition) is 2. The minimum atomic E-state index is -0.792. The van der Waals surface area contributed by atoms with Crippen molar-refractivity contribution in [2.75, 3.05) is 10.6 Å². The highest BCUT2D eigenvalue weighted by atomic mass is 35.5. The molecule has 1 heterocycles. The first-order chi connectivity index (χ1) is 12.0. The summed E-state index contributed by atoms with van der Waals surface area (Å²) in [5, 5.41) is 5.81. The van der Waals surface area contributed by atoms with Crippen LogP contribution in [-0.4, -0.2) is 15.9 Å². The number of benzene rings is 2. The quantitative estimate of drug-likeness (QED) is 0.723. The topological polar surface area (TPSA) is 66.9 Å². The van der Waals surface area contributed by atoms with Crippen molar-refractivity contribution in [3.8, 4) is 0 Å². The van der Waals surface area contributed by atoms with E-state index >= 15 is 0 Å². The number of amides is 1. The van der Waals surface area contributed by atoms with Gasteiger partial charge in [0.2, 0.25) is 5.95 Å². The summed E-state index contributed by atoms with van der Waals surface area (Å²) < 4.78 is 26.6. The van der Waals surface area contributed by atoms with Crippen molar-refractivity contribution in [2.24, 2.45) is 0 Å². The van der Waals surface area contributed by atoms with Gasteiger partial charge in [0, 0.05) is 23.0 Å². The fourth-order valence-corrected chi connectivity index (χ4v) is 2.11. The lowest BCUT2D eigenvalue weighted by molar-refractivity contribution is 0.102. The fourth-order valence-electron chi connectivity index (χ4n) is 1.99. The number of rotatable bonds is 4. The Labute approximate surface area is 146 Å². The van der Waals surface area contributed by atoms with Crippen LogP contribution < -0.4 is 10.6 Å². The van der Waals surface area contributed by atoms with E-state index in [1.807, 2.05) is 0 Å². The van der Waals surface area contributed by atoms with Gasteiger partial charge in [0.1, 0.15) is 17.3 Å². The van der Waals surface area contributed by atoms with Crippen LogP contribution in [0.5, 0.6) is 0 Å². The van der Waals surface area contributed by atoms with E-state index in [-0.39, 0.29) is 17.3 Å². The minimum absolute atomic E-state index is 0.00309. The molecule has 5 nitrogen and oxygen atoms in total. The van der Waals surface area contributed by atoms with Gasteiger partial charge in [-0.05, 0) is 42.5 Å². The number of carbonyl (C=O) groups excluding carboxylic acids is 1. The van der Waals surface area contributed by atoms with Gasteiger partial charge in [0.15, 0.2) is 0 Å². The van der Waals surface area contributed by atoms with Gasteiger partial charge in [-0.15, -0.1) is 0 Å². The molecule has 0 aliphatic rings. The number of anilines is 3.